The number of ether oxygens (including phenoxy) is 2. The molecule has 2 aromatic carbocycles. The fourth-order valence-corrected chi connectivity index (χ4v) is 2.94. The Kier molecular flexibility index (Phi) is 3.85. The number of hydrogen-bond donors (Lipinski definition) is 1. The summed E-state index contributed by atoms with van der Waals surface area (Å²) in [4.78, 5) is 4.33. The number of nitrogens with one attached hydrogen (secondary N) is 1. The molecule has 0 saturated heterocycles. The number of hydrogen-bond acceptors (Lipinski definition) is 5. The molecule has 6 heteroatoms. The second-order valence-corrected chi connectivity index (χ2v) is 5.68. The van der Waals surface area contributed by atoms with Crippen molar-refractivity contribution < 1.29 is 9.47 Å². The Morgan fingerprint density at radius 2 is 1.80 bits per heavy atom. The minimum atomic E-state index is -0.0639. The molecule has 1 unspecified atom stereocenters. The van der Waals surface area contributed by atoms with Crippen LogP contribution in [0.1, 0.15) is 17.2 Å². The van der Waals surface area contributed by atoms with Crippen LogP contribution in [0.4, 0.5) is 5.95 Å². The van der Waals surface area contributed by atoms with Gasteiger partial charge in [0.2, 0.25) is 5.95 Å². The summed E-state index contributed by atoms with van der Waals surface area (Å²) in [7, 11) is 3.33. The lowest BCUT2D eigenvalue weighted by Gasteiger charge is -2.24. The SMILES string of the molecule is COc1ccc(C2=CC(c3cccc(OC)c3)n3ncnc3N2)cc1. The molecule has 0 fully saturated rings. The normalized spacial score (nSPS) is 15.8. The molecule has 1 aromatic heterocycles. The minimum absolute atomic E-state index is 0.0639. The molecule has 0 bridgehead atoms. The Hall–Kier alpha value is -3.28. The monoisotopic (exact) mass is 334 g/mol. The molecule has 3 aromatic rings. The van der Waals surface area contributed by atoms with Crippen molar-refractivity contribution in [2.24, 2.45) is 0 Å². The molecule has 0 spiro atoms. The minimum Gasteiger partial charge on any atom is -0.497 e. The summed E-state index contributed by atoms with van der Waals surface area (Å²) < 4.78 is 12.5. The molecule has 0 radical (unpaired) electrons. The molecule has 1 aliphatic heterocycles. The summed E-state index contributed by atoms with van der Waals surface area (Å²) in [6, 6.07) is 15.9. The average Bonchev–Trinajstić information content (AvgIpc) is 3.16. The van der Waals surface area contributed by atoms with E-state index >= 15 is 0 Å². The summed E-state index contributed by atoms with van der Waals surface area (Å²) >= 11 is 0. The van der Waals surface area contributed by atoms with Gasteiger partial charge in [-0.15, -0.1) is 0 Å². The van der Waals surface area contributed by atoms with Gasteiger partial charge in [0, 0.05) is 5.70 Å². The molecular formula is C19H18N4O2. The zero-order valence-electron chi connectivity index (χ0n) is 14.0. The number of aromatic nitrogens is 3. The van der Waals surface area contributed by atoms with Crippen LogP contribution in [-0.4, -0.2) is 29.0 Å². The van der Waals surface area contributed by atoms with Gasteiger partial charge >= 0.3 is 0 Å². The quantitative estimate of drug-likeness (QED) is 0.793. The van der Waals surface area contributed by atoms with Gasteiger partial charge < -0.3 is 14.8 Å². The molecule has 25 heavy (non-hydrogen) atoms. The molecule has 6 nitrogen and oxygen atoms in total. The lowest BCUT2D eigenvalue weighted by atomic mass is 10.0. The lowest BCUT2D eigenvalue weighted by molar-refractivity contribution is 0.413. The smallest absolute Gasteiger partial charge is 0.226 e. The highest BCUT2D eigenvalue weighted by atomic mass is 16.5. The Morgan fingerprint density at radius 3 is 2.56 bits per heavy atom. The summed E-state index contributed by atoms with van der Waals surface area (Å²) in [6.45, 7) is 0. The number of allylic oxidation sites excluding steroid dienone is 1. The highest BCUT2D eigenvalue weighted by Gasteiger charge is 2.23. The van der Waals surface area contributed by atoms with Crippen molar-refractivity contribution in [3.8, 4) is 11.5 Å². The number of benzene rings is 2. The molecule has 126 valence electrons. The van der Waals surface area contributed by atoms with Crippen molar-refractivity contribution in [1.29, 1.82) is 0 Å². The first-order chi connectivity index (χ1) is 12.3. The lowest BCUT2D eigenvalue weighted by Crippen LogP contribution is -2.20. The molecule has 4 rings (SSSR count). The molecule has 2 heterocycles. The molecular weight excluding hydrogens is 316 g/mol. The van der Waals surface area contributed by atoms with Gasteiger partial charge in [0.15, 0.2) is 0 Å². The van der Waals surface area contributed by atoms with Crippen LogP contribution in [0.15, 0.2) is 60.9 Å². The van der Waals surface area contributed by atoms with Gasteiger partial charge in [-0.25, -0.2) is 4.68 Å². The van der Waals surface area contributed by atoms with E-state index in [0.717, 1.165) is 28.3 Å². The van der Waals surface area contributed by atoms with Crippen LogP contribution in [0.5, 0.6) is 11.5 Å². The van der Waals surface area contributed by atoms with Gasteiger partial charge in [-0.2, -0.15) is 10.1 Å². The van der Waals surface area contributed by atoms with Gasteiger partial charge in [-0.05, 0) is 53.6 Å². The molecule has 1 N–H and O–H groups in total. The number of anilines is 1. The molecule has 1 atom stereocenters. The number of methoxy groups -OCH3 is 2. The predicted octanol–water partition coefficient (Wildman–Crippen LogP) is 3.35. The number of nitrogens with zero attached hydrogens (tertiary/aromatic N) is 3. The Morgan fingerprint density at radius 1 is 1.00 bits per heavy atom. The molecule has 0 amide bonds. The topological polar surface area (TPSA) is 61.2 Å². The highest BCUT2D eigenvalue weighted by molar-refractivity contribution is 5.77. The van der Waals surface area contributed by atoms with Gasteiger partial charge in [0.1, 0.15) is 23.9 Å². The van der Waals surface area contributed by atoms with E-state index in [1.54, 1.807) is 20.5 Å². The fourth-order valence-electron chi connectivity index (χ4n) is 2.94. The van der Waals surface area contributed by atoms with E-state index in [0.29, 0.717) is 5.95 Å². The van der Waals surface area contributed by atoms with E-state index in [1.165, 1.54) is 0 Å². The first-order valence-electron chi connectivity index (χ1n) is 7.95. The third-order valence-corrected chi connectivity index (χ3v) is 4.24. The third kappa shape index (κ3) is 2.82. The maximum absolute atomic E-state index is 5.36. The Labute approximate surface area is 145 Å². The van der Waals surface area contributed by atoms with Crippen molar-refractivity contribution in [2.45, 2.75) is 6.04 Å². The van der Waals surface area contributed by atoms with Crippen LogP contribution >= 0.6 is 0 Å². The van der Waals surface area contributed by atoms with Crippen LogP contribution in [0.25, 0.3) is 5.70 Å². The van der Waals surface area contributed by atoms with Gasteiger partial charge in [0.25, 0.3) is 0 Å². The summed E-state index contributed by atoms with van der Waals surface area (Å²) in [6.07, 6.45) is 3.69. The Bertz CT molecular complexity index is 915. The molecule has 0 aliphatic carbocycles. The van der Waals surface area contributed by atoms with Crippen LogP contribution < -0.4 is 14.8 Å². The number of rotatable bonds is 4. The number of fused-ring (bicyclic) bond motifs is 1. The van der Waals surface area contributed by atoms with E-state index in [1.807, 2.05) is 47.1 Å². The predicted molar refractivity (Wildman–Crippen MR) is 95.7 cm³/mol. The Balaban J connectivity index is 1.77. The summed E-state index contributed by atoms with van der Waals surface area (Å²) in [5.41, 5.74) is 3.12. The highest BCUT2D eigenvalue weighted by Crippen LogP contribution is 2.33. The zero-order chi connectivity index (χ0) is 17.2. The summed E-state index contributed by atoms with van der Waals surface area (Å²) in [5.74, 6) is 2.35. The van der Waals surface area contributed by atoms with E-state index in [2.05, 4.69) is 27.5 Å². The maximum atomic E-state index is 5.36. The zero-order valence-corrected chi connectivity index (χ0v) is 14.0. The van der Waals surface area contributed by atoms with Crippen molar-refractivity contribution in [1.82, 2.24) is 14.8 Å². The largest absolute Gasteiger partial charge is 0.497 e. The molecule has 1 aliphatic rings. The van der Waals surface area contributed by atoms with E-state index in [9.17, 15) is 0 Å². The van der Waals surface area contributed by atoms with Crippen molar-refractivity contribution in [3.63, 3.8) is 0 Å². The molecule has 0 saturated carbocycles. The second-order valence-electron chi connectivity index (χ2n) is 5.68. The standard InChI is InChI=1S/C19H18N4O2/c1-24-15-8-6-13(7-9-15)17-11-18(23-19(22-17)20-12-21-23)14-4-3-5-16(10-14)25-2/h3-12,18H,1-2H3,(H,20,21,22). The van der Waals surface area contributed by atoms with Crippen molar-refractivity contribution >= 4 is 11.6 Å². The average molecular weight is 334 g/mol. The van der Waals surface area contributed by atoms with E-state index in [4.69, 9.17) is 9.47 Å². The van der Waals surface area contributed by atoms with Crippen molar-refractivity contribution in [3.05, 3.63) is 72.1 Å². The van der Waals surface area contributed by atoms with E-state index in [-0.39, 0.29) is 6.04 Å². The summed E-state index contributed by atoms with van der Waals surface area (Å²) in [5, 5.41) is 7.70. The van der Waals surface area contributed by atoms with Crippen molar-refractivity contribution in [2.75, 3.05) is 19.5 Å². The maximum Gasteiger partial charge on any atom is 0.226 e. The van der Waals surface area contributed by atoms with Gasteiger partial charge in [0.05, 0.1) is 14.2 Å². The van der Waals surface area contributed by atoms with E-state index < -0.39 is 0 Å². The first kappa shape index (κ1) is 15.3. The second kappa shape index (κ2) is 6.32. The van der Waals surface area contributed by atoms with Crippen LogP contribution in [0.2, 0.25) is 0 Å². The van der Waals surface area contributed by atoms with Gasteiger partial charge in [-0.1, -0.05) is 12.1 Å². The van der Waals surface area contributed by atoms with Crippen LogP contribution in [-0.2, 0) is 0 Å². The first-order valence-corrected chi connectivity index (χ1v) is 7.95. The third-order valence-electron chi connectivity index (χ3n) is 4.24. The van der Waals surface area contributed by atoms with Crippen LogP contribution in [0.3, 0.4) is 0 Å². The van der Waals surface area contributed by atoms with Gasteiger partial charge in [-0.3, -0.25) is 0 Å². The van der Waals surface area contributed by atoms with Crippen LogP contribution in [0, 0.1) is 0 Å². The fraction of sp³-hybridized carbons (Fsp3) is 0.158.